The molecule has 0 bridgehead atoms. The number of anilines is 3. The molecule has 1 N–H and O–H groups in total. The molecule has 140 valence electrons. The molecule has 1 aromatic carbocycles. The first-order valence-electron chi connectivity index (χ1n) is 9.37. The molecule has 0 spiro atoms. The van der Waals surface area contributed by atoms with Gasteiger partial charge in [0.25, 0.3) is 0 Å². The van der Waals surface area contributed by atoms with Gasteiger partial charge in [-0.3, -0.25) is 0 Å². The van der Waals surface area contributed by atoms with Crippen LogP contribution in [0, 0.1) is 18.7 Å². The van der Waals surface area contributed by atoms with Gasteiger partial charge in [0.15, 0.2) is 0 Å². The van der Waals surface area contributed by atoms with E-state index in [-0.39, 0.29) is 5.82 Å². The van der Waals surface area contributed by atoms with Crippen molar-refractivity contribution >= 4 is 17.5 Å². The first-order valence-corrected chi connectivity index (χ1v) is 9.37. The van der Waals surface area contributed by atoms with Gasteiger partial charge in [-0.1, -0.05) is 26.0 Å². The van der Waals surface area contributed by atoms with Crippen LogP contribution >= 0.6 is 0 Å². The van der Waals surface area contributed by atoms with E-state index in [1.165, 1.54) is 6.07 Å². The summed E-state index contributed by atoms with van der Waals surface area (Å²) in [5.41, 5.74) is 1.64. The lowest BCUT2D eigenvalue weighted by atomic mass is 10.1. The average Bonchev–Trinajstić information content (AvgIpc) is 2.61. The first-order chi connectivity index (χ1) is 12.5. The van der Waals surface area contributed by atoms with Crippen LogP contribution < -0.4 is 15.1 Å². The summed E-state index contributed by atoms with van der Waals surface area (Å²) in [7, 11) is 0. The zero-order chi connectivity index (χ0) is 18.5. The molecular weight excluding hydrogens is 329 g/mol. The van der Waals surface area contributed by atoms with Crippen molar-refractivity contribution in [2.24, 2.45) is 5.92 Å². The number of rotatable bonds is 6. The summed E-state index contributed by atoms with van der Waals surface area (Å²) in [6.45, 7) is 10.5. The summed E-state index contributed by atoms with van der Waals surface area (Å²) in [5.74, 6) is 2.13. The maximum absolute atomic E-state index is 14.0. The fourth-order valence-electron chi connectivity index (χ4n) is 3.15. The monoisotopic (exact) mass is 357 g/mol. The molecule has 0 unspecified atom stereocenters. The molecule has 26 heavy (non-hydrogen) atoms. The zero-order valence-corrected chi connectivity index (χ0v) is 15.9. The Morgan fingerprint density at radius 1 is 1.08 bits per heavy atom. The van der Waals surface area contributed by atoms with Gasteiger partial charge in [0.05, 0.1) is 5.69 Å². The first kappa shape index (κ1) is 18.4. The number of piperazine rings is 1. The van der Waals surface area contributed by atoms with Crippen molar-refractivity contribution in [2.75, 3.05) is 47.8 Å². The second-order valence-corrected chi connectivity index (χ2v) is 7.23. The van der Waals surface area contributed by atoms with Crippen LogP contribution in [0.2, 0.25) is 0 Å². The molecule has 3 rings (SSSR count). The predicted molar refractivity (Wildman–Crippen MR) is 106 cm³/mol. The maximum atomic E-state index is 14.0. The number of halogens is 1. The van der Waals surface area contributed by atoms with Crippen molar-refractivity contribution in [1.82, 2.24) is 9.97 Å². The Kier molecular flexibility index (Phi) is 5.91. The molecule has 1 aliphatic rings. The van der Waals surface area contributed by atoms with Crippen LogP contribution in [0.15, 0.2) is 30.3 Å². The molecular formula is C20H28FN5. The van der Waals surface area contributed by atoms with Crippen molar-refractivity contribution in [3.05, 3.63) is 41.8 Å². The van der Waals surface area contributed by atoms with E-state index in [9.17, 15) is 4.39 Å². The number of hydrogen-bond acceptors (Lipinski definition) is 5. The van der Waals surface area contributed by atoms with Crippen molar-refractivity contribution in [3.8, 4) is 0 Å². The Morgan fingerprint density at radius 3 is 2.46 bits per heavy atom. The van der Waals surface area contributed by atoms with E-state index >= 15 is 0 Å². The number of aromatic nitrogens is 2. The molecule has 1 saturated heterocycles. The van der Waals surface area contributed by atoms with E-state index in [0.29, 0.717) is 17.6 Å². The highest BCUT2D eigenvalue weighted by Crippen LogP contribution is 2.22. The van der Waals surface area contributed by atoms with Gasteiger partial charge in [0.1, 0.15) is 11.6 Å². The fourth-order valence-corrected chi connectivity index (χ4v) is 3.15. The minimum atomic E-state index is -0.157. The topological polar surface area (TPSA) is 44.3 Å². The third kappa shape index (κ3) is 4.62. The molecule has 0 aliphatic carbocycles. The minimum absolute atomic E-state index is 0.157. The highest BCUT2D eigenvalue weighted by molar-refractivity contribution is 5.51. The molecule has 1 aliphatic heterocycles. The molecule has 0 saturated carbocycles. The van der Waals surface area contributed by atoms with Crippen molar-refractivity contribution in [1.29, 1.82) is 0 Å². The van der Waals surface area contributed by atoms with Crippen molar-refractivity contribution in [2.45, 2.75) is 27.2 Å². The van der Waals surface area contributed by atoms with E-state index in [1.54, 1.807) is 6.07 Å². The summed E-state index contributed by atoms with van der Waals surface area (Å²) in [5, 5.41) is 3.33. The van der Waals surface area contributed by atoms with Gasteiger partial charge in [-0.2, -0.15) is 4.98 Å². The van der Waals surface area contributed by atoms with Crippen LogP contribution in [0.1, 0.15) is 26.0 Å². The van der Waals surface area contributed by atoms with Gasteiger partial charge >= 0.3 is 0 Å². The fraction of sp³-hybridized carbons (Fsp3) is 0.500. The Hall–Kier alpha value is -2.37. The smallest absolute Gasteiger partial charge is 0.224 e. The Balaban J connectivity index is 1.63. The van der Waals surface area contributed by atoms with E-state index in [4.69, 9.17) is 0 Å². The number of hydrogen-bond donors (Lipinski definition) is 1. The Morgan fingerprint density at radius 2 is 1.77 bits per heavy atom. The molecule has 0 amide bonds. The van der Waals surface area contributed by atoms with Crippen LogP contribution in [-0.2, 0) is 0 Å². The second kappa shape index (κ2) is 8.34. The molecule has 6 heteroatoms. The number of para-hydroxylation sites is 1. The lowest BCUT2D eigenvalue weighted by Gasteiger charge is -2.37. The number of benzene rings is 1. The lowest BCUT2D eigenvalue weighted by molar-refractivity contribution is 0.595. The van der Waals surface area contributed by atoms with Gasteiger partial charge in [-0.05, 0) is 31.4 Å². The third-order valence-corrected chi connectivity index (χ3v) is 4.64. The molecule has 0 atom stereocenters. The largest absolute Gasteiger partial charge is 0.366 e. The van der Waals surface area contributed by atoms with Gasteiger partial charge in [0, 0.05) is 44.5 Å². The predicted octanol–water partition coefficient (Wildman–Crippen LogP) is 3.71. The van der Waals surface area contributed by atoms with Gasteiger partial charge in [0.2, 0.25) is 5.95 Å². The second-order valence-electron chi connectivity index (χ2n) is 7.23. The Labute approximate surface area is 155 Å². The van der Waals surface area contributed by atoms with Crippen LogP contribution in [0.4, 0.5) is 21.8 Å². The molecule has 0 radical (unpaired) electrons. The van der Waals surface area contributed by atoms with Crippen LogP contribution in [0.25, 0.3) is 0 Å². The minimum Gasteiger partial charge on any atom is -0.366 e. The highest BCUT2D eigenvalue weighted by atomic mass is 19.1. The van der Waals surface area contributed by atoms with Crippen LogP contribution in [0.3, 0.4) is 0 Å². The quantitative estimate of drug-likeness (QED) is 0.854. The van der Waals surface area contributed by atoms with Crippen LogP contribution in [0.5, 0.6) is 0 Å². The van der Waals surface area contributed by atoms with Gasteiger partial charge in [-0.15, -0.1) is 0 Å². The normalized spacial score (nSPS) is 14.8. The number of nitrogens with one attached hydrogen (secondary N) is 1. The highest BCUT2D eigenvalue weighted by Gasteiger charge is 2.20. The van der Waals surface area contributed by atoms with Crippen molar-refractivity contribution < 1.29 is 4.39 Å². The summed E-state index contributed by atoms with van der Waals surface area (Å²) in [4.78, 5) is 13.5. The average molecular weight is 357 g/mol. The SMILES string of the molecule is Cc1cc(N2CCN(c3ccccc3F)CC2)nc(NCCC(C)C)n1. The number of aryl methyl sites for hydroxylation is 1. The van der Waals surface area contributed by atoms with Crippen molar-refractivity contribution in [3.63, 3.8) is 0 Å². The standard InChI is InChI=1S/C20H28FN5/c1-15(2)8-9-22-20-23-16(3)14-19(24-20)26-12-10-25(11-13-26)18-7-5-4-6-17(18)21/h4-7,14-15H,8-13H2,1-3H3,(H,22,23,24). The summed E-state index contributed by atoms with van der Waals surface area (Å²) < 4.78 is 14.0. The molecule has 5 nitrogen and oxygen atoms in total. The lowest BCUT2D eigenvalue weighted by Crippen LogP contribution is -2.47. The zero-order valence-electron chi connectivity index (χ0n) is 15.9. The van der Waals surface area contributed by atoms with Gasteiger partial charge in [-0.25, -0.2) is 9.37 Å². The molecule has 2 aromatic rings. The molecule has 1 aromatic heterocycles. The van der Waals surface area contributed by atoms with E-state index in [1.807, 2.05) is 25.1 Å². The maximum Gasteiger partial charge on any atom is 0.224 e. The van der Waals surface area contributed by atoms with E-state index < -0.39 is 0 Å². The van der Waals surface area contributed by atoms with Gasteiger partial charge < -0.3 is 15.1 Å². The number of nitrogens with zero attached hydrogens (tertiary/aromatic N) is 4. The van der Waals surface area contributed by atoms with Crippen LogP contribution in [-0.4, -0.2) is 42.7 Å². The summed E-state index contributed by atoms with van der Waals surface area (Å²) in [6.07, 6.45) is 1.09. The Bertz CT molecular complexity index is 726. The molecule has 2 heterocycles. The summed E-state index contributed by atoms with van der Waals surface area (Å²) >= 11 is 0. The molecule has 1 fully saturated rings. The van der Waals surface area contributed by atoms with E-state index in [2.05, 4.69) is 38.9 Å². The van der Waals surface area contributed by atoms with E-state index in [0.717, 1.165) is 50.7 Å². The third-order valence-electron chi connectivity index (χ3n) is 4.64. The summed E-state index contributed by atoms with van der Waals surface area (Å²) in [6, 6.07) is 8.99.